The molecular weight excluding hydrogens is 256 g/mol. The molecule has 0 aromatic heterocycles. The van der Waals surface area contributed by atoms with Crippen molar-refractivity contribution in [3.8, 4) is 0 Å². The van der Waals surface area contributed by atoms with Gasteiger partial charge >= 0.3 is 0 Å². The lowest BCUT2D eigenvalue weighted by Gasteiger charge is -2.30. The molecule has 78 valence electrons. The van der Waals surface area contributed by atoms with E-state index in [4.69, 9.17) is 0 Å². The van der Waals surface area contributed by atoms with E-state index in [0.717, 1.165) is 14.0 Å². The fourth-order valence-electron chi connectivity index (χ4n) is 1.14. The number of alkyl halides is 1. The number of carbonyl (C=O) groups is 2. The smallest absolute Gasteiger partial charge is 0.233 e. The van der Waals surface area contributed by atoms with E-state index in [9.17, 15) is 19.8 Å². The summed E-state index contributed by atoms with van der Waals surface area (Å²) in [7, 11) is 1.16. The number of rotatable bonds is 1. The maximum absolute atomic E-state index is 11.4. The minimum atomic E-state index is -1.94. The second-order valence-corrected chi connectivity index (χ2v) is 4.00. The molecule has 0 aromatic rings. The minimum absolute atomic E-state index is 0.427. The van der Waals surface area contributed by atoms with Crippen LogP contribution < -0.4 is 0 Å². The molecule has 2 unspecified atom stereocenters. The number of halogens is 1. The van der Waals surface area contributed by atoms with Gasteiger partial charge < -0.3 is 14.9 Å². The van der Waals surface area contributed by atoms with Crippen molar-refractivity contribution in [3.63, 3.8) is 0 Å². The third kappa shape index (κ3) is 1.34. The van der Waals surface area contributed by atoms with E-state index in [1.807, 2.05) is 0 Å². The molecule has 1 aliphatic carbocycles. The number of Topliss-reactive ketones (excluding diaryl/α,β-unsaturated/α-hetero) is 2. The Morgan fingerprint density at radius 2 is 2.00 bits per heavy atom. The Bertz CT molecular complexity index is 331. The number of ketones is 2. The Kier molecular flexibility index (Phi) is 2.69. The molecule has 0 amide bonds. The summed E-state index contributed by atoms with van der Waals surface area (Å²) >= 11 is 2.88. The number of aliphatic hydroxyl groups excluding tert-OH is 1. The van der Waals surface area contributed by atoms with Crippen LogP contribution >= 0.6 is 15.9 Å². The van der Waals surface area contributed by atoms with Gasteiger partial charge in [0.2, 0.25) is 23.1 Å². The van der Waals surface area contributed by atoms with Crippen molar-refractivity contribution in [1.82, 2.24) is 0 Å². The molecule has 0 heterocycles. The van der Waals surface area contributed by atoms with Crippen molar-refractivity contribution in [3.05, 3.63) is 11.5 Å². The Morgan fingerprint density at radius 3 is 2.43 bits per heavy atom. The van der Waals surface area contributed by atoms with E-state index in [1.165, 1.54) is 0 Å². The molecular formula is C8H9BrO5. The van der Waals surface area contributed by atoms with Gasteiger partial charge in [0.05, 0.1) is 7.11 Å². The Labute approximate surface area is 88.5 Å². The predicted molar refractivity (Wildman–Crippen MR) is 50.0 cm³/mol. The Morgan fingerprint density at radius 1 is 1.50 bits per heavy atom. The standard InChI is InChI=1S/C8H9BrO5/c1-8(13)6(9)3(10)5(14-2)4(11)7(8)12/h6,11,13H,1-2H3. The molecule has 0 aromatic carbocycles. The van der Waals surface area contributed by atoms with Crippen LogP contribution in [-0.4, -0.2) is 39.3 Å². The Balaban J connectivity index is 3.31. The van der Waals surface area contributed by atoms with Gasteiger partial charge in [-0.3, -0.25) is 9.59 Å². The Hall–Kier alpha value is -0.880. The van der Waals surface area contributed by atoms with Crippen molar-refractivity contribution in [2.45, 2.75) is 17.4 Å². The largest absolute Gasteiger partial charge is 0.502 e. The van der Waals surface area contributed by atoms with Gasteiger partial charge in [0.25, 0.3) is 0 Å². The molecule has 1 rings (SSSR count). The third-order valence-electron chi connectivity index (χ3n) is 2.04. The van der Waals surface area contributed by atoms with Crippen LogP contribution in [0.2, 0.25) is 0 Å². The molecule has 6 heteroatoms. The van der Waals surface area contributed by atoms with Gasteiger partial charge in [-0.05, 0) is 6.92 Å². The van der Waals surface area contributed by atoms with Crippen LogP contribution in [0.3, 0.4) is 0 Å². The van der Waals surface area contributed by atoms with E-state index in [2.05, 4.69) is 20.7 Å². The lowest BCUT2D eigenvalue weighted by atomic mass is 9.87. The molecule has 1 aliphatic rings. The molecule has 14 heavy (non-hydrogen) atoms. The average molecular weight is 265 g/mol. The molecule has 0 saturated carbocycles. The first-order valence-corrected chi connectivity index (χ1v) is 4.68. The summed E-state index contributed by atoms with van der Waals surface area (Å²) in [4.78, 5) is 21.7. The average Bonchev–Trinajstić information content (AvgIpc) is 2.14. The normalized spacial score (nSPS) is 33.6. The molecule has 0 aliphatic heterocycles. The topological polar surface area (TPSA) is 83.8 Å². The number of hydrogen-bond acceptors (Lipinski definition) is 5. The zero-order valence-electron chi connectivity index (χ0n) is 7.57. The summed E-state index contributed by atoms with van der Waals surface area (Å²) in [5.74, 6) is -2.85. The van der Waals surface area contributed by atoms with Crippen LogP contribution in [0.1, 0.15) is 6.92 Å². The first-order valence-electron chi connectivity index (χ1n) is 3.76. The number of methoxy groups -OCH3 is 1. The van der Waals surface area contributed by atoms with Crippen LogP contribution in [0, 0.1) is 0 Å². The van der Waals surface area contributed by atoms with Crippen molar-refractivity contribution in [2.24, 2.45) is 0 Å². The zero-order chi connectivity index (χ0) is 11.1. The summed E-state index contributed by atoms with van der Waals surface area (Å²) in [6, 6.07) is 0. The monoisotopic (exact) mass is 264 g/mol. The van der Waals surface area contributed by atoms with Crippen LogP contribution in [0.4, 0.5) is 0 Å². The highest BCUT2D eigenvalue weighted by atomic mass is 79.9. The van der Waals surface area contributed by atoms with E-state index >= 15 is 0 Å². The number of carbonyl (C=O) groups excluding carboxylic acids is 2. The van der Waals surface area contributed by atoms with Gasteiger partial charge in [-0.25, -0.2) is 0 Å². The molecule has 0 spiro atoms. The van der Waals surface area contributed by atoms with Crippen LogP contribution in [0.25, 0.3) is 0 Å². The zero-order valence-corrected chi connectivity index (χ0v) is 9.16. The molecule has 2 N–H and O–H groups in total. The second kappa shape index (κ2) is 3.36. The highest BCUT2D eigenvalue weighted by molar-refractivity contribution is 9.10. The molecule has 0 fully saturated rings. The van der Waals surface area contributed by atoms with Crippen molar-refractivity contribution in [2.75, 3.05) is 7.11 Å². The third-order valence-corrected chi connectivity index (χ3v) is 3.35. The van der Waals surface area contributed by atoms with E-state index in [0.29, 0.717) is 0 Å². The summed E-state index contributed by atoms with van der Waals surface area (Å²) in [6.07, 6.45) is 0. The number of ether oxygens (including phenoxy) is 1. The summed E-state index contributed by atoms with van der Waals surface area (Å²) in [6.45, 7) is 1.15. The number of aliphatic hydroxyl groups is 2. The van der Waals surface area contributed by atoms with Gasteiger partial charge in [0, 0.05) is 0 Å². The van der Waals surface area contributed by atoms with Crippen LogP contribution in [0.15, 0.2) is 11.5 Å². The molecule has 0 bridgehead atoms. The maximum atomic E-state index is 11.4. The van der Waals surface area contributed by atoms with Gasteiger partial charge in [-0.2, -0.15) is 0 Å². The van der Waals surface area contributed by atoms with Gasteiger partial charge in [0.15, 0.2) is 0 Å². The summed E-state index contributed by atoms with van der Waals surface area (Å²) < 4.78 is 4.57. The minimum Gasteiger partial charge on any atom is -0.502 e. The van der Waals surface area contributed by atoms with Crippen molar-refractivity contribution in [1.29, 1.82) is 0 Å². The van der Waals surface area contributed by atoms with Crippen molar-refractivity contribution < 1.29 is 24.5 Å². The molecule has 0 saturated heterocycles. The van der Waals surface area contributed by atoms with Gasteiger partial charge in [-0.1, -0.05) is 15.9 Å². The van der Waals surface area contributed by atoms with E-state index in [1.54, 1.807) is 0 Å². The van der Waals surface area contributed by atoms with Crippen molar-refractivity contribution >= 4 is 27.5 Å². The maximum Gasteiger partial charge on any atom is 0.233 e. The van der Waals surface area contributed by atoms with E-state index in [-0.39, 0.29) is 0 Å². The molecule has 5 nitrogen and oxygen atoms in total. The van der Waals surface area contributed by atoms with E-state index < -0.39 is 33.5 Å². The summed E-state index contributed by atoms with van der Waals surface area (Å²) in [5.41, 5.74) is -1.94. The second-order valence-electron chi connectivity index (χ2n) is 3.09. The predicted octanol–water partition coefficient (Wildman–Crippen LogP) is 0.0687. The first-order chi connectivity index (χ1) is 6.34. The fourth-order valence-corrected chi connectivity index (χ4v) is 1.56. The van der Waals surface area contributed by atoms with Gasteiger partial charge in [-0.15, -0.1) is 0 Å². The quantitative estimate of drug-likeness (QED) is 0.655. The molecule has 0 radical (unpaired) electrons. The highest BCUT2D eigenvalue weighted by Gasteiger charge is 2.51. The number of allylic oxidation sites excluding steroid dienone is 1. The fraction of sp³-hybridized carbons (Fsp3) is 0.500. The van der Waals surface area contributed by atoms with Crippen LogP contribution in [0.5, 0.6) is 0 Å². The lowest BCUT2D eigenvalue weighted by molar-refractivity contribution is -0.142. The summed E-state index contributed by atoms with van der Waals surface area (Å²) in [5, 5.41) is 18.9. The first kappa shape index (κ1) is 11.2. The van der Waals surface area contributed by atoms with Crippen LogP contribution in [-0.2, 0) is 14.3 Å². The highest BCUT2D eigenvalue weighted by Crippen LogP contribution is 2.31. The van der Waals surface area contributed by atoms with Gasteiger partial charge in [0.1, 0.15) is 10.4 Å². The lowest BCUT2D eigenvalue weighted by Crippen LogP contribution is -2.52. The molecule has 2 atom stereocenters. The number of hydrogen-bond donors (Lipinski definition) is 2. The SMILES string of the molecule is COC1=C(O)C(=O)C(C)(O)C(Br)C1=O.